The lowest BCUT2D eigenvalue weighted by Gasteiger charge is -2.13. The van der Waals surface area contributed by atoms with Gasteiger partial charge in [-0.1, -0.05) is 0 Å². The molecule has 0 aliphatic carbocycles. The van der Waals surface area contributed by atoms with Crippen LogP contribution in [0.3, 0.4) is 0 Å². The molecule has 0 atom stereocenters. The Bertz CT molecular complexity index is 266. The summed E-state index contributed by atoms with van der Waals surface area (Å²) < 4.78 is 0. The van der Waals surface area contributed by atoms with Crippen molar-refractivity contribution in [2.24, 2.45) is 0 Å². The fourth-order valence-corrected chi connectivity index (χ4v) is 0.831. The average Bonchev–Trinajstić information content (AvgIpc) is 2.34. The van der Waals surface area contributed by atoms with Crippen LogP contribution >= 0.6 is 0 Å². The van der Waals surface area contributed by atoms with Gasteiger partial charge >= 0.3 is 5.97 Å². The van der Waals surface area contributed by atoms with Crippen LogP contribution in [0, 0.1) is 0 Å². The highest BCUT2D eigenvalue weighted by Gasteiger charge is 2.22. The first kappa shape index (κ1) is 9.40. The van der Waals surface area contributed by atoms with Crippen molar-refractivity contribution in [1.29, 1.82) is 0 Å². The van der Waals surface area contributed by atoms with Gasteiger partial charge < -0.3 is 5.11 Å². The van der Waals surface area contributed by atoms with Crippen molar-refractivity contribution in [3.8, 4) is 0 Å². The van der Waals surface area contributed by atoms with E-state index in [1.165, 1.54) is 0 Å². The van der Waals surface area contributed by atoms with Crippen LogP contribution in [0.15, 0.2) is 12.2 Å². The highest BCUT2D eigenvalue weighted by Crippen LogP contribution is 1.98. The SMILES string of the molecule is O=C(O)CCNN1C(=O)C=CC1=O. The summed E-state index contributed by atoms with van der Waals surface area (Å²) in [5, 5.41) is 9.06. The first-order chi connectivity index (χ1) is 6.11. The monoisotopic (exact) mass is 184 g/mol. The molecule has 0 radical (unpaired) electrons. The summed E-state index contributed by atoms with van der Waals surface area (Å²) in [4.78, 5) is 31.8. The summed E-state index contributed by atoms with van der Waals surface area (Å²) in [7, 11) is 0. The molecule has 0 fully saturated rings. The molecule has 0 saturated heterocycles. The van der Waals surface area contributed by atoms with E-state index in [1.54, 1.807) is 0 Å². The van der Waals surface area contributed by atoms with Gasteiger partial charge in [0.15, 0.2) is 0 Å². The smallest absolute Gasteiger partial charge is 0.304 e. The number of hydrazine groups is 1. The van der Waals surface area contributed by atoms with Crippen LogP contribution in [-0.4, -0.2) is 34.4 Å². The van der Waals surface area contributed by atoms with Crippen LogP contribution < -0.4 is 5.43 Å². The maximum atomic E-state index is 10.9. The molecule has 70 valence electrons. The van der Waals surface area contributed by atoms with E-state index in [9.17, 15) is 14.4 Å². The predicted molar refractivity (Wildman–Crippen MR) is 41.2 cm³/mol. The van der Waals surface area contributed by atoms with Gasteiger partial charge in [0.05, 0.1) is 6.42 Å². The summed E-state index contributed by atoms with van der Waals surface area (Å²) >= 11 is 0. The van der Waals surface area contributed by atoms with Crippen LogP contribution in [-0.2, 0) is 14.4 Å². The molecule has 1 rings (SSSR count). The minimum absolute atomic E-state index is 0.0501. The molecule has 13 heavy (non-hydrogen) atoms. The molecule has 2 N–H and O–H groups in total. The lowest BCUT2D eigenvalue weighted by atomic mass is 10.4. The summed E-state index contributed by atoms with van der Waals surface area (Å²) in [5.41, 5.74) is 2.40. The molecule has 0 aromatic heterocycles. The minimum atomic E-state index is -0.987. The highest BCUT2D eigenvalue weighted by molar-refractivity contribution is 6.12. The fraction of sp³-hybridized carbons (Fsp3) is 0.286. The zero-order valence-corrected chi connectivity index (χ0v) is 6.69. The number of carbonyl (C=O) groups excluding carboxylic acids is 2. The Balaban J connectivity index is 2.34. The molecule has 6 heteroatoms. The molecule has 2 amide bonds. The summed E-state index contributed by atoms with van der Waals surface area (Å²) in [6, 6.07) is 0. The van der Waals surface area contributed by atoms with Gasteiger partial charge in [0.25, 0.3) is 11.8 Å². The topological polar surface area (TPSA) is 86.7 Å². The summed E-state index contributed by atoms with van der Waals surface area (Å²) in [5.74, 6) is -1.94. The third-order valence-electron chi connectivity index (χ3n) is 1.42. The molecule has 1 aliphatic heterocycles. The van der Waals surface area contributed by atoms with E-state index in [2.05, 4.69) is 5.43 Å². The van der Waals surface area contributed by atoms with Gasteiger partial charge in [0.1, 0.15) is 0 Å². The standard InChI is InChI=1S/C7H8N2O4/c10-5-1-2-6(11)9(5)8-4-3-7(12)13/h1-2,8H,3-4H2,(H,12,13). The van der Waals surface area contributed by atoms with Gasteiger partial charge in [-0.2, -0.15) is 0 Å². The van der Waals surface area contributed by atoms with Gasteiger partial charge in [0, 0.05) is 18.7 Å². The largest absolute Gasteiger partial charge is 0.481 e. The van der Waals surface area contributed by atoms with Gasteiger partial charge in [0.2, 0.25) is 0 Å². The molecular weight excluding hydrogens is 176 g/mol. The molecular formula is C7H8N2O4. The van der Waals surface area contributed by atoms with Crippen molar-refractivity contribution < 1.29 is 19.5 Å². The second-order valence-electron chi connectivity index (χ2n) is 2.40. The number of nitrogens with zero attached hydrogens (tertiary/aromatic N) is 1. The summed E-state index contributed by atoms with van der Waals surface area (Å²) in [6.45, 7) is 0.0501. The van der Waals surface area contributed by atoms with Gasteiger partial charge in [-0.05, 0) is 0 Å². The Morgan fingerprint density at radius 2 is 1.92 bits per heavy atom. The van der Waals surface area contributed by atoms with E-state index in [0.717, 1.165) is 17.2 Å². The lowest BCUT2D eigenvalue weighted by Crippen LogP contribution is -2.43. The Kier molecular flexibility index (Phi) is 2.76. The van der Waals surface area contributed by atoms with E-state index in [-0.39, 0.29) is 13.0 Å². The van der Waals surface area contributed by atoms with E-state index < -0.39 is 17.8 Å². The van der Waals surface area contributed by atoms with Crippen molar-refractivity contribution in [2.75, 3.05) is 6.54 Å². The van der Waals surface area contributed by atoms with Crippen molar-refractivity contribution in [2.45, 2.75) is 6.42 Å². The summed E-state index contributed by atoms with van der Waals surface area (Å²) in [6.07, 6.45) is 2.10. The molecule has 0 unspecified atom stereocenters. The molecule has 1 heterocycles. The second-order valence-corrected chi connectivity index (χ2v) is 2.40. The van der Waals surface area contributed by atoms with E-state index in [0.29, 0.717) is 0 Å². The maximum absolute atomic E-state index is 10.9. The number of rotatable bonds is 4. The Hall–Kier alpha value is -1.69. The van der Waals surface area contributed by atoms with Gasteiger partial charge in [-0.15, -0.1) is 0 Å². The number of hydrogen-bond donors (Lipinski definition) is 2. The van der Waals surface area contributed by atoms with Crippen molar-refractivity contribution in [3.63, 3.8) is 0 Å². The van der Waals surface area contributed by atoms with Crippen LogP contribution in [0.5, 0.6) is 0 Å². The Morgan fingerprint density at radius 3 is 2.38 bits per heavy atom. The van der Waals surface area contributed by atoms with E-state index in [1.807, 2.05) is 0 Å². The molecule has 0 bridgehead atoms. The Labute approximate surface area is 73.8 Å². The number of carboxylic acids is 1. The zero-order valence-electron chi connectivity index (χ0n) is 6.69. The van der Waals surface area contributed by atoms with Gasteiger partial charge in [-0.25, -0.2) is 10.4 Å². The number of carbonyl (C=O) groups is 3. The van der Waals surface area contributed by atoms with Crippen LogP contribution in [0.2, 0.25) is 0 Å². The molecule has 6 nitrogen and oxygen atoms in total. The van der Waals surface area contributed by atoms with Crippen LogP contribution in [0.1, 0.15) is 6.42 Å². The number of aliphatic carboxylic acids is 1. The first-order valence-corrected chi connectivity index (χ1v) is 3.62. The number of amides is 2. The molecule has 0 aromatic carbocycles. The lowest BCUT2D eigenvalue weighted by molar-refractivity contribution is -0.143. The van der Waals surface area contributed by atoms with E-state index in [4.69, 9.17) is 5.11 Å². The van der Waals surface area contributed by atoms with E-state index >= 15 is 0 Å². The van der Waals surface area contributed by atoms with Crippen molar-refractivity contribution >= 4 is 17.8 Å². The third-order valence-corrected chi connectivity index (χ3v) is 1.42. The Morgan fingerprint density at radius 1 is 1.38 bits per heavy atom. The highest BCUT2D eigenvalue weighted by atomic mass is 16.4. The van der Waals surface area contributed by atoms with Crippen LogP contribution in [0.25, 0.3) is 0 Å². The molecule has 0 spiro atoms. The quantitative estimate of drug-likeness (QED) is 0.541. The zero-order chi connectivity index (χ0) is 9.84. The normalized spacial score (nSPS) is 15.5. The average molecular weight is 184 g/mol. The first-order valence-electron chi connectivity index (χ1n) is 3.62. The second kappa shape index (κ2) is 3.81. The fourth-order valence-electron chi connectivity index (χ4n) is 0.831. The minimum Gasteiger partial charge on any atom is -0.481 e. The molecule has 0 saturated carbocycles. The van der Waals surface area contributed by atoms with Gasteiger partial charge in [-0.3, -0.25) is 14.4 Å². The number of imide groups is 1. The predicted octanol–water partition coefficient (Wildman–Crippen LogP) is -1.11. The number of carboxylic acid groups (broad SMARTS) is 1. The maximum Gasteiger partial charge on any atom is 0.304 e. The number of hydrogen-bond acceptors (Lipinski definition) is 4. The number of nitrogens with one attached hydrogen (secondary N) is 1. The molecule has 1 aliphatic rings. The van der Waals surface area contributed by atoms with Crippen LogP contribution in [0.4, 0.5) is 0 Å². The third kappa shape index (κ3) is 2.38. The van der Waals surface area contributed by atoms with Crippen molar-refractivity contribution in [3.05, 3.63) is 12.2 Å². The van der Waals surface area contributed by atoms with Crippen molar-refractivity contribution in [1.82, 2.24) is 10.4 Å². The molecule has 0 aromatic rings.